The molecule has 0 saturated carbocycles. The normalized spacial score (nSPS) is 16.1. The minimum Gasteiger partial charge on any atom is -0.497 e. The highest BCUT2D eigenvalue weighted by molar-refractivity contribution is 6.04. The van der Waals surface area contributed by atoms with Gasteiger partial charge in [0, 0.05) is 62.4 Å². The number of anilines is 3. The molecule has 3 aromatic rings. The van der Waals surface area contributed by atoms with Gasteiger partial charge in [-0.2, -0.15) is 0 Å². The summed E-state index contributed by atoms with van der Waals surface area (Å²) in [6.45, 7) is 6.29. The second-order valence-electron chi connectivity index (χ2n) is 10.9. The van der Waals surface area contributed by atoms with Gasteiger partial charge in [0.15, 0.2) is 0 Å². The molecule has 3 amide bonds. The average molecular weight is 572 g/mol. The van der Waals surface area contributed by atoms with E-state index in [0.29, 0.717) is 35.2 Å². The Morgan fingerprint density at radius 1 is 0.881 bits per heavy atom. The van der Waals surface area contributed by atoms with Crippen LogP contribution in [0.25, 0.3) is 0 Å². The van der Waals surface area contributed by atoms with E-state index in [2.05, 4.69) is 56.1 Å². The number of rotatable bonds is 10. The largest absolute Gasteiger partial charge is 0.497 e. The smallest absolute Gasteiger partial charge is 0.323 e. The topological polar surface area (TPSA) is 95.2 Å². The number of ether oxygens (including phenoxy) is 2. The number of carbonyl (C=O) groups is 2. The molecule has 2 aliphatic heterocycles. The summed E-state index contributed by atoms with van der Waals surface area (Å²) in [4.78, 5) is 30.9. The van der Waals surface area contributed by atoms with E-state index in [1.807, 2.05) is 24.3 Å². The summed E-state index contributed by atoms with van der Waals surface area (Å²) >= 11 is 0. The summed E-state index contributed by atoms with van der Waals surface area (Å²) in [5.74, 6) is 1.14. The third kappa shape index (κ3) is 8.24. The molecule has 2 fully saturated rings. The summed E-state index contributed by atoms with van der Waals surface area (Å²) in [7, 11) is 1.58. The maximum absolute atomic E-state index is 13.5. The van der Waals surface area contributed by atoms with Crippen molar-refractivity contribution in [1.29, 1.82) is 0 Å². The summed E-state index contributed by atoms with van der Waals surface area (Å²) in [5.41, 5.74) is 4.01. The van der Waals surface area contributed by atoms with Gasteiger partial charge in [-0.05, 0) is 61.1 Å². The third-order valence-corrected chi connectivity index (χ3v) is 7.97. The first-order valence-corrected chi connectivity index (χ1v) is 14.8. The monoisotopic (exact) mass is 571 g/mol. The summed E-state index contributed by atoms with van der Waals surface area (Å²) in [6, 6.07) is 23.0. The predicted molar refractivity (Wildman–Crippen MR) is 167 cm³/mol. The van der Waals surface area contributed by atoms with Crippen LogP contribution in [-0.2, 0) is 11.2 Å². The van der Waals surface area contributed by atoms with Crippen LogP contribution in [0, 0.1) is 5.92 Å². The minimum absolute atomic E-state index is 0.137. The van der Waals surface area contributed by atoms with Crippen LogP contribution in [0.2, 0.25) is 0 Å². The standard InChI is InChI=1S/C33H41N5O4/c1-41-29-9-5-8-27(23-29)35-33(40)36-28-10-11-31(30(24-28)32(39)34-14-17-37-18-20-42-21-19-37)38-15-12-26(13-16-38)22-25-6-3-2-4-7-25/h2-11,23-24,26H,12-22H2,1H3,(H,34,39)(H2,35,36,40). The number of amides is 3. The van der Waals surface area contributed by atoms with Gasteiger partial charge in [0.2, 0.25) is 0 Å². The van der Waals surface area contributed by atoms with Crippen molar-refractivity contribution < 1.29 is 19.1 Å². The first-order valence-electron chi connectivity index (χ1n) is 14.8. The van der Waals surface area contributed by atoms with Crippen LogP contribution in [0.4, 0.5) is 21.9 Å². The molecular formula is C33H41N5O4. The van der Waals surface area contributed by atoms with Crippen LogP contribution in [0.5, 0.6) is 5.75 Å². The quantitative estimate of drug-likeness (QED) is 0.322. The van der Waals surface area contributed by atoms with Crippen LogP contribution in [0.1, 0.15) is 28.8 Å². The van der Waals surface area contributed by atoms with E-state index < -0.39 is 6.03 Å². The molecule has 0 atom stereocenters. The van der Waals surface area contributed by atoms with E-state index >= 15 is 0 Å². The van der Waals surface area contributed by atoms with Crippen molar-refractivity contribution in [3.63, 3.8) is 0 Å². The van der Waals surface area contributed by atoms with Crippen molar-refractivity contribution in [2.24, 2.45) is 5.92 Å². The van der Waals surface area contributed by atoms with E-state index in [4.69, 9.17) is 9.47 Å². The highest BCUT2D eigenvalue weighted by Gasteiger charge is 2.24. The van der Waals surface area contributed by atoms with Crippen molar-refractivity contribution in [3.05, 3.63) is 83.9 Å². The van der Waals surface area contributed by atoms with Crippen LogP contribution in [0.15, 0.2) is 72.8 Å². The van der Waals surface area contributed by atoms with Crippen LogP contribution >= 0.6 is 0 Å². The fourth-order valence-corrected chi connectivity index (χ4v) is 5.64. The molecule has 9 nitrogen and oxygen atoms in total. The lowest BCUT2D eigenvalue weighted by Crippen LogP contribution is -2.41. The maximum atomic E-state index is 13.5. The van der Waals surface area contributed by atoms with Gasteiger partial charge in [0.05, 0.1) is 25.9 Å². The van der Waals surface area contributed by atoms with Gasteiger partial charge >= 0.3 is 6.03 Å². The summed E-state index contributed by atoms with van der Waals surface area (Å²) in [6.07, 6.45) is 3.21. The van der Waals surface area contributed by atoms with Gasteiger partial charge in [0.25, 0.3) is 5.91 Å². The van der Waals surface area contributed by atoms with Gasteiger partial charge in [-0.3, -0.25) is 9.69 Å². The molecule has 2 aliphatic rings. The number of nitrogens with one attached hydrogen (secondary N) is 3. The zero-order valence-electron chi connectivity index (χ0n) is 24.3. The van der Waals surface area contributed by atoms with Crippen molar-refractivity contribution in [3.8, 4) is 5.75 Å². The first-order chi connectivity index (χ1) is 20.6. The molecule has 0 radical (unpaired) electrons. The van der Waals surface area contributed by atoms with Crippen molar-refractivity contribution in [2.45, 2.75) is 19.3 Å². The average Bonchev–Trinajstić information content (AvgIpc) is 3.02. The third-order valence-electron chi connectivity index (χ3n) is 7.97. The molecule has 3 N–H and O–H groups in total. The van der Waals surface area contributed by atoms with Crippen LogP contribution < -0.4 is 25.6 Å². The fourth-order valence-electron chi connectivity index (χ4n) is 5.64. The molecule has 222 valence electrons. The molecule has 2 saturated heterocycles. The highest BCUT2D eigenvalue weighted by Crippen LogP contribution is 2.30. The lowest BCUT2D eigenvalue weighted by molar-refractivity contribution is 0.0383. The lowest BCUT2D eigenvalue weighted by Gasteiger charge is -2.35. The Labute approximate surface area is 248 Å². The Morgan fingerprint density at radius 3 is 2.36 bits per heavy atom. The fraction of sp³-hybridized carbons (Fsp3) is 0.394. The van der Waals surface area contributed by atoms with Crippen LogP contribution in [0.3, 0.4) is 0 Å². The van der Waals surface area contributed by atoms with Crippen LogP contribution in [-0.4, -0.2) is 76.4 Å². The van der Waals surface area contributed by atoms with Crippen molar-refractivity contribution >= 4 is 29.0 Å². The zero-order valence-corrected chi connectivity index (χ0v) is 24.3. The van der Waals surface area contributed by atoms with Crippen molar-refractivity contribution in [1.82, 2.24) is 10.2 Å². The number of piperidine rings is 1. The zero-order chi connectivity index (χ0) is 29.1. The SMILES string of the molecule is COc1cccc(NC(=O)Nc2ccc(N3CCC(Cc4ccccc4)CC3)c(C(=O)NCCN3CCOCC3)c2)c1. The van der Waals surface area contributed by atoms with Gasteiger partial charge in [-0.25, -0.2) is 4.79 Å². The Hall–Kier alpha value is -4.08. The Morgan fingerprint density at radius 2 is 1.62 bits per heavy atom. The molecule has 2 heterocycles. The van der Waals surface area contributed by atoms with E-state index in [9.17, 15) is 9.59 Å². The molecule has 0 aromatic heterocycles. The molecule has 9 heteroatoms. The van der Waals surface area contributed by atoms with Gasteiger partial charge in [0.1, 0.15) is 5.75 Å². The molecule has 42 heavy (non-hydrogen) atoms. The number of hydrogen-bond acceptors (Lipinski definition) is 6. The van der Waals surface area contributed by atoms with Crippen molar-refractivity contribution in [2.75, 3.05) is 75.1 Å². The Kier molecular flexibility index (Phi) is 10.3. The molecule has 5 rings (SSSR count). The number of hydrogen-bond donors (Lipinski definition) is 3. The second kappa shape index (κ2) is 14.7. The number of morpholine rings is 1. The van der Waals surface area contributed by atoms with E-state index in [1.165, 1.54) is 5.56 Å². The predicted octanol–water partition coefficient (Wildman–Crippen LogP) is 4.86. The Bertz CT molecular complexity index is 1320. The second-order valence-corrected chi connectivity index (χ2v) is 10.9. The van der Waals surface area contributed by atoms with E-state index in [1.54, 1.807) is 25.3 Å². The van der Waals surface area contributed by atoms with E-state index in [-0.39, 0.29) is 5.91 Å². The van der Waals surface area contributed by atoms with Gasteiger partial charge < -0.3 is 30.3 Å². The number of nitrogens with zero attached hydrogens (tertiary/aromatic N) is 2. The molecule has 3 aromatic carbocycles. The summed E-state index contributed by atoms with van der Waals surface area (Å²) < 4.78 is 10.7. The maximum Gasteiger partial charge on any atom is 0.323 e. The molecule has 0 spiro atoms. The minimum atomic E-state index is -0.392. The number of benzene rings is 3. The number of methoxy groups -OCH3 is 1. The van der Waals surface area contributed by atoms with Gasteiger partial charge in [-0.1, -0.05) is 36.4 Å². The molecule has 0 aliphatic carbocycles. The molecular weight excluding hydrogens is 530 g/mol. The highest BCUT2D eigenvalue weighted by atomic mass is 16.5. The number of urea groups is 1. The first kappa shape index (κ1) is 29.4. The van der Waals surface area contributed by atoms with E-state index in [0.717, 1.165) is 70.9 Å². The van der Waals surface area contributed by atoms with Gasteiger partial charge in [-0.15, -0.1) is 0 Å². The Balaban J connectivity index is 1.26. The summed E-state index contributed by atoms with van der Waals surface area (Å²) in [5, 5.41) is 8.82. The number of carbonyl (C=O) groups excluding carboxylic acids is 2. The molecule has 0 unspecified atom stereocenters. The lowest BCUT2D eigenvalue weighted by atomic mass is 9.89. The molecule has 0 bridgehead atoms.